The molecule has 1 aromatic rings. The Kier molecular flexibility index (Phi) is 3.19. The summed E-state index contributed by atoms with van der Waals surface area (Å²) >= 11 is 2.98. The van der Waals surface area contributed by atoms with Gasteiger partial charge in [-0.25, -0.2) is 4.39 Å². The van der Waals surface area contributed by atoms with Gasteiger partial charge in [0, 0.05) is 0 Å². The number of hydrogen-bond donors (Lipinski definition) is 0. The normalized spacial score (nSPS) is 10.6. The van der Waals surface area contributed by atoms with Crippen LogP contribution in [0.4, 0.5) is 4.39 Å². The maximum Gasteiger partial charge on any atom is 0.137 e. The molecule has 0 unspecified atom stereocenters. The molecule has 1 rings (SSSR count). The van der Waals surface area contributed by atoms with Gasteiger partial charge in [0.2, 0.25) is 0 Å². The fraction of sp³-hybridized carbons (Fsp3) is 0. The molecule has 0 amide bonds. The molecule has 0 saturated heterocycles. The van der Waals surface area contributed by atoms with Crippen LogP contribution >= 0.6 is 15.9 Å². The lowest BCUT2D eigenvalue weighted by molar-refractivity contribution is -0.297. The highest BCUT2D eigenvalue weighted by Gasteiger charge is 1.97. The van der Waals surface area contributed by atoms with Gasteiger partial charge in [-0.15, -0.1) is 0 Å². The highest BCUT2D eigenvalue weighted by atomic mass is 79.9. The van der Waals surface area contributed by atoms with Crippen LogP contribution in [0.15, 0.2) is 28.7 Å². The number of carboxylic acids is 1. The van der Waals surface area contributed by atoms with Crippen LogP contribution in [0.3, 0.4) is 0 Å². The summed E-state index contributed by atoms with van der Waals surface area (Å²) in [5, 5.41) is 10.0. The van der Waals surface area contributed by atoms with Crippen molar-refractivity contribution in [1.29, 1.82) is 0 Å². The smallest absolute Gasteiger partial charge is 0.137 e. The van der Waals surface area contributed by atoms with E-state index in [1.807, 2.05) is 0 Å². The summed E-state index contributed by atoms with van der Waals surface area (Å²) in [6.45, 7) is 0. The third-order valence-corrected chi connectivity index (χ3v) is 1.96. The summed E-state index contributed by atoms with van der Waals surface area (Å²) in [5.74, 6) is -1.66. The van der Waals surface area contributed by atoms with E-state index in [2.05, 4.69) is 15.9 Å². The quantitative estimate of drug-likeness (QED) is 0.736. The summed E-state index contributed by atoms with van der Waals surface area (Å²) < 4.78 is 13.0. The summed E-state index contributed by atoms with van der Waals surface area (Å²) in [7, 11) is 0. The van der Waals surface area contributed by atoms with Crippen molar-refractivity contribution < 1.29 is 14.3 Å². The minimum Gasteiger partial charge on any atom is -0.545 e. The number of carboxylic acid groups (broad SMARTS) is 1. The molecule has 0 atom stereocenters. The zero-order chi connectivity index (χ0) is 9.84. The first-order valence-electron chi connectivity index (χ1n) is 3.43. The van der Waals surface area contributed by atoms with E-state index in [0.29, 0.717) is 10.0 Å². The van der Waals surface area contributed by atoms with E-state index >= 15 is 0 Å². The van der Waals surface area contributed by atoms with Crippen LogP contribution in [0.1, 0.15) is 5.56 Å². The monoisotopic (exact) mass is 243 g/mol. The van der Waals surface area contributed by atoms with Gasteiger partial charge in [0.05, 0.1) is 10.4 Å². The number of halogens is 2. The lowest BCUT2D eigenvalue weighted by atomic mass is 10.2. The van der Waals surface area contributed by atoms with Crippen molar-refractivity contribution in [3.8, 4) is 0 Å². The molecular weight excluding hydrogens is 239 g/mol. The molecule has 0 aromatic heterocycles. The minimum atomic E-state index is -1.28. The Morgan fingerprint density at radius 1 is 1.54 bits per heavy atom. The Hall–Kier alpha value is -1.16. The first-order chi connectivity index (χ1) is 6.09. The second kappa shape index (κ2) is 4.18. The van der Waals surface area contributed by atoms with E-state index in [4.69, 9.17) is 0 Å². The van der Waals surface area contributed by atoms with Gasteiger partial charge in [-0.3, -0.25) is 0 Å². The standard InChI is InChI=1S/C9H6BrFO2/c10-7-5-6(1-3-8(7)11)2-4-9(12)13/h1-5H,(H,12,13)/p-1/b4-2+. The number of rotatable bonds is 2. The Labute approximate surface area is 82.8 Å². The molecular formula is C9H5BrFO2-. The van der Waals surface area contributed by atoms with E-state index in [-0.39, 0.29) is 5.82 Å². The van der Waals surface area contributed by atoms with Crippen molar-refractivity contribution in [2.75, 3.05) is 0 Å². The third kappa shape index (κ3) is 2.99. The summed E-state index contributed by atoms with van der Waals surface area (Å²) in [4.78, 5) is 10.0. The average molecular weight is 244 g/mol. The minimum absolute atomic E-state index is 0.299. The maximum atomic E-state index is 12.7. The van der Waals surface area contributed by atoms with Gasteiger partial charge < -0.3 is 9.90 Å². The van der Waals surface area contributed by atoms with Gasteiger partial charge in [-0.2, -0.15) is 0 Å². The largest absolute Gasteiger partial charge is 0.545 e. The number of carbonyl (C=O) groups excluding carboxylic acids is 1. The number of carbonyl (C=O) groups is 1. The van der Waals surface area contributed by atoms with Gasteiger partial charge in [0.1, 0.15) is 5.82 Å². The van der Waals surface area contributed by atoms with Crippen LogP contribution in [0.5, 0.6) is 0 Å². The van der Waals surface area contributed by atoms with Crippen LogP contribution in [0.25, 0.3) is 6.08 Å². The van der Waals surface area contributed by atoms with Crippen LogP contribution in [-0.4, -0.2) is 5.97 Å². The van der Waals surface area contributed by atoms with Crippen molar-refractivity contribution in [2.24, 2.45) is 0 Å². The molecule has 0 aliphatic heterocycles. The molecule has 0 bridgehead atoms. The first kappa shape index (κ1) is 9.92. The summed E-state index contributed by atoms with van der Waals surface area (Å²) in [6.07, 6.45) is 2.22. The van der Waals surface area contributed by atoms with Crippen molar-refractivity contribution in [3.05, 3.63) is 40.1 Å². The summed E-state index contributed by atoms with van der Waals surface area (Å²) in [6, 6.07) is 4.20. The number of benzene rings is 1. The molecule has 0 spiro atoms. The molecule has 13 heavy (non-hydrogen) atoms. The third-order valence-electron chi connectivity index (χ3n) is 1.36. The van der Waals surface area contributed by atoms with E-state index < -0.39 is 5.97 Å². The topological polar surface area (TPSA) is 40.1 Å². The Bertz CT molecular complexity index is 361. The Balaban J connectivity index is 2.92. The van der Waals surface area contributed by atoms with Crippen LogP contribution in [-0.2, 0) is 4.79 Å². The lowest BCUT2D eigenvalue weighted by Gasteiger charge is -1.97. The molecule has 0 aliphatic carbocycles. The van der Waals surface area contributed by atoms with E-state index in [9.17, 15) is 14.3 Å². The van der Waals surface area contributed by atoms with Gasteiger partial charge >= 0.3 is 0 Å². The van der Waals surface area contributed by atoms with Crippen molar-refractivity contribution in [2.45, 2.75) is 0 Å². The zero-order valence-corrected chi connectivity index (χ0v) is 8.05. The Morgan fingerprint density at radius 2 is 2.23 bits per heavy atom. The van der Waals surface area contributed by atoms with Crippen molar-refractivity contribution >= 4 is 28.0 Å². The Morgan fingerprint density at radius 3 is 2.77 bits per heavy atom. The summed E-state index contributed by atoms with van der Waals surface area (Å²) in [5.41, 5.74) is 0.595. The maximum absolute atomic E-state index is 12.7. The first-order valence-corrected chi connectivity index (χ1v) is 4.23. The lowest BCUT2D eigenvalue weighted by Crippen LogP contribution is -2.18. The second-order valence-electron chi connectivity index (χ2n) is 2.33. The molecule has 4 heteroatoms. The second-order valence-corrected chi connectivity index (χ2v) is 3.18. The molecule has 0 aliphatic rings. The fourth-order valence-electron chi connectivity index (χ4n) is 0.780. The van der Waals surface area contributed by atoms with Gasteiger partial charge in [0.15, 0.2) is 0 Å². The molecule has 0 radical (unpaired) electrons. The van der Waals surface area contributed by atoms with Crippen LogP contribution in [0.2, 0.25) is 0 Å². The van der Waals surface area contributed by atoms with Crippen LogP contribution in [0, 0.1) is 5.82 Å². The average Bonchev–Trinajstić information content (AvgIpc) is 2.07. The van der Waals surface area contributed by atoms with Gasteiger partial charge in [0.25, 0.3) is 0 Å². The van der Waals surface area contributed by atoms with E-state index in [1.165, 1.54) is 24.3 Å². The molecule has 68 valence electrons. The van der Waals surface area contributed by atoms with E-state index in [0.717, 1.165) is 6.08 Å². The predicted octanol–water partition coefficient (Wildman–Crippen LogP) is 1.35. The molecule has 0 fully saturated rings. The molecule has 0 saturated carbocycles. The van der Waals surface area contributed by atoms with Crippen molar-refractivity contribution in [3.63, 3.8) is 0 Å². The predicted molar refractivity (Wildman–Crippen MR) is 48.1 cm³/mol. The highest BCUT2D eigenvalue weighted by molar-refractivity contribution is 9.10. The number of hydrogen-bond acceptors (Lipinski definition) is 2. The molecule has 1 aromatic carbocycles. The molecule has 2 nitrogen and oxygen atoms in total. The SMILES string of the molecule is O=C([O-])/C=C/c1ccc(F)c(Br)c1. The van der Waals surface area contributed by atoms with Gasteiger partial charge in [-0.1, -0.05) is 12.1 Å². The van der Waals surface area contributed by atoms with Crippen LogP contribution < -0.4 is 5.11 Å². The van der Waals surface area contributed by atoms with Crippen molar-refractivity contribution in [1.82, 2.24) is 0 Å². The fourth-order valence-corrected chi connectivity index (χ4v) is 1.18. The van der Waals surface area contributed by atoms with E-state index in [1.54, 1.807) is 0 Å². The molecule has 0 N–H and O–H groups in total. The molecule has 0 heterocycles. The highest BCUT2D eigenvalue weighted by Crippen LogP contribution is 2.17. The zero-order valence-electron chi connectivity index (χ0n) is 6.46. The number of aliphatic carboxylic acids is 1. The van der Waals surface area contributed by atoms with Gasteiger partial charge in [-0.05, 0) is 39.7 Å².